The highest BCUT2D eigenvalue weighted by Crippen LogP contribution is 2.15. The van der Waals surface area contributed by atoms with Crippen molar-refractivity contribution in [1.82, 2.24) is 5.32 Å². The highest BCUT2D eigenvalue weighted by atomic mass is 32.1. The third-order valence-corrected chi connectivity index (χ3v) is 3.08. The largest absolute Gasteiger partial charge is 0.396 e. The minimum atomic E-state index is -0.211. The number of aliphatic hydroxyl groups excluding tert-OH is 1. The van der Waals surface area contributed by atoms with Gasteiger partial charge in [-0.05, 0) is 31.2 Å². The Morgan fingerprint density at radius 1 is 1.75 bits per heavy atom. The standard InChI is InChI=1S/C11H14N2O2S/c1-8(3-2-5-14)13-11(15)10-9(7-12)4-6-16-10/h4,6,8,14H,2-3,5H2,1H3,(H,13,15). The fourth-order valence-corrected chi connectivity index (χ4v) is 2.08. The molecule has 0 aromatic carbocycles. The normalized spacial score (nSPS) is 11.8. The predicted octanol–water partition coefficient (Wildman–Crippen LogP) is 1.51. The Kier molecular flexibility index (Phi) is 4.96. The number of hydrogen-bond acceptors (Lipinski definition) is 4. The Balaban J connectivity index is 2.56. The van der Waals surface area contributed by atoms with E-state index in [1.54, 1.807) is 11.4 Å². The minimum absolute atomic E-state index is 0.00768. The molecule has 0 radical (unpaired) electrons. The average molecular weight is 238 g/mol. The highest BCUT2D eigenvalue weighted by molar-refractivity contribution is 7.12. The van der Waals surface area contributed by atoms with Crippen molar-refractivity contribution >= 4 is 17.2 Å². The molecule has 1 unspecified atom stereocenters. The van der Waals surface area contributed by atoms with E-state index in [9.17, 15) is 4.79 Å². The van der Waals surface area contributed by atoms with E-state index in [0.717, 1.165) is 6.42 Å². The lowest BCUT2D eigenvalue weighted by Crippen LogP contribution is -2.32. The van der Waals surface area contributed by atoms with E-state index in [0.29, 0.717) is 16.9 Å². The van der Waals surface area contributed by atoms with Gasteiger partial charge in [-0.3, -0.25) is 4.79 Å². The van der Waals surface area contributed by atoms with E-state index in [-0.39, 0.29) is 18.6 Å². The van der Waals surface area contributed by atoms with E-state index in [1.165, 1.54) is 11.3 Å². The number of carbonyl (C=O) groups is 1. The summed E-state index contributed by atoms with van der Waals surface area (Å²) in [5.41, 5.74) is 0.414. The molecule has 0 spiro atoms. The summed E-state index contributed by atoms with van der Waals surface area (Å²) >= 11 is 1.26. The summed E-state index contributed by atoms with van der Waals surface area (Å²) in [4.78, 5) is 12.2. The van der Waals surface area contributed by atoms with Crippen LogP contribution in [0.25, 0.3) is 0 Å². The van der Waals surface area contributed by atoms with Crippen molar-refractivity contribution in [2.24, 2.45) is 0 Å². The smallest absolute Gasteiger partial charge is 0.262 e. The van der Waals surface area contributed by atoms with Crippen LogP contribution in [0, 0.1) is 11.3 Å². The molecule has 16 heavy (non-hydrogen) atoms. The molecule has 1 amide bonds. The molecular weight excluding hydrogens is 224 g/mol. The Morgan fingerprint density at radius 3 is 3.12 bits per heavy atom. The van der Waals surface area contributed by atoms with Gasteiger partial charge in [0.2, 0.25) is 0 Å². The van der Waals surface area contributed by atoms with Crippen molar-refractivity contribution in [3.05, 3.63) is 21.9 Å². The van der Waals surface area contributed by atoms with E-state index >= 15 is 0 Å². The molecule has 5 heteroatoms. The molecule has 4 nitrogen and oxygen atoms in total. The van der Waals surface area contributed by atoms with Crippen LogP contribution in [0.3, 0.4) is 0 Å². The number of nitrogens with one attached hydrogen (secondary N) is 1. The molecule has 1 rings (SSSR count). The third-order valence-electron chi connectivity index (χ3n) is 2.16. The van der Waals surface area contributed by atoms with Gasteiger partial charge in [0.25, 0.3) is 5.91 Å². The van der Waals surface area contributed by atoms with Gasteiger partial charge in [-0.25, -0.2) is 0 Å². The molecule has 0 aliphatic heterocycles. The van der Waals surface area contributed by atoms with Crippen molar-refractivity contribution in [2.75, 3.05) is 6.61 Å². The average Bonchev–Trinajstić information content (AvgIpc) is 2.74. The maximum atomic E-state index is 11.7. The lowest BCUT2D eigenvalue weighted by atomic mass is 10.2. The molecule has 1 aromatic rings. The van der Waals surface area contributed by atoms with Crippen molar-refractivity contribution in [2.45, 2.75) is 25.8 Å². The van der Waals surface area contributed by atoms with Gasteiger partial charge in [0.1, 0.15) is 10.9 Å². The van der Waals surface area contributed by atoms with Crippen molar-refractivity contribution < 1.29 is 9.90 Å². The molecule has 0 saturated heterocycles. The topological polar surface area (TPSA) is 73.1 Å². The zero-order valence-corrected chi connectivity index (χ0v) is 9.88. The van der Waals surface area contributed by atoms with Crippen LogP contribution in [0.4, 0.5) is 0 Å². The van der Waals surface area contributed by atoms with Gasteiger partial charge < -0.3 is 10.4 Å². The van der Waals surface area contributed by atoms with Gasteiger partial charge in [-0.1, -0.05) is 0 Å². The number of nitriles is 1. The first-order valence-electron chi connectivity index (χ1n) is 5.08. The Bertz CT molecular complexity index is 395. The molecule has 0 bridgehead atoms. The van der Waals surface area contributed by atoms with E-state index in [2.05, 4.69) is 5.32 Å². The lowest BCUT2D eigenvalue weighted by molar-refractivity contribution is 0.0940. The van der Waals surface area contributed by atoms with Gasteiger partial charge >= 0.3 is 0 Å². The SMILES string of the molecule is CC(CCCO)NC(=O)c1sccc1C#N. The van der Waals surface area contributed by atoms with Crippen LogP contribution in [0.2, 0.25) is 0 Å². The molecular formula is C11H14N2O2S. The van der Waals surface area contributed by atoms with Gasteiger partial charge in [0.15, 0.2) is 0 Å². The first kappa shape index (κ1) is 12.7. The number of carbonyl (C=O) groups excluding carboxylic acids is 1. The zero-order valence-electron chi connectivity index (χ0n) is 9.06. The van der Waals surface area contributed by atoms with Gasteiger partial charge in [0.05, 0.1) is 5.56 Å². The summed E-state index contributed by atoms with van der Waals surface area (Å²) in [6.07, 6.45) is 1.40. The van der Waals surface area contributed by atoms with E-state index in [1.807, 2.05) is 13.0 Å². The molecule has 2 N–H and O–H groups in total. The fraction of sp³-hybridized carbons (Fsp3) is 0.455. The first-order chi connectivity index (χ1) is 7.69. The minimum Gasteiger partial charge on any atom is -0.396 e. The van der Waals surface area contributed by atoms with Crippen LogP contribution in [0.5, 0.6) is 0 Å². The summed E-state index contributed by atoms with van der Waals surface area (Å²) < 4.78 is 0. The maximum Gasteiger partial charge on any atom is 0.262 e. The van der Waals surface area contributed by atoms with Crippen molar-refractivity contribution in [3.8, 4) is 6.07 Å². The number of amides is 1. The summed E-state index contributed by atoms with van der Waals surface area (Å²) in [6, 6.07) is 3.63. The fourth-order valence-electron chi connectivity index (χ4n) is 1.33. The Labute approximate surface area is 98.5 Å². The summed E-state index contributed by atoms with van der Waals surface area (Å²) in [5, 5.41) is 22.0. The maximum absolute atomic E-state index is 11.7. The number of rotatable bonds is 5. The van der Waals surface area contributed by atoms with Crippen molar-refractivity contribution in [1.29, 1.82) is 5.26 Å². The molecule has 1 atom stereocenters. The zero-order chi connectivity index (χ0) is 12.0. The molecule has 86 valence electrons. The second-order valence-electron chi connectivity index (χ2n) is 3.52. The molecule has 0 saturated carbocycles. The lowest BCUT2D eigenvalue weighted by Gasteiger charge is -2.12. The van der Waals surface area contributed by atoms with Gasteiger partial charge in [-0.2, -0.15) is 5.26 Å². The molecule has 0 fully saturated rings. The predicted molar refractivity (Wildman–Crippen MR) is 62.3 cm³/mol. The monoisotopic (exact) mass is 238 g/mol. The highest BCUT2D eigenvalue weighted by Gasteiger charge is 2.14. The van der Waals surface area contributed by atoms with Crippen LogP contribution in [0.1, 0.15) is 35.0 Å². The first-order valence-corrected chi connectivity index (χ1v) is 5.96. The molecule has 0 aliphatic carbocycles. The van der Waals surface area contributed by atoms with Gasteiger partial charge in [0, 0.05) is 12.6 Å². The second kappa shape index (κ2) is 6.26. The second-order valence-corrected chi connectivity index (χ2v) is 4.43. The van der Waals surface area contributed by atoms with Crippen LogP contribution < -0.4 is 5.32 Å². The number of aliphatic hydroxyl groups is 1. The summed E-state index contributed by atoms with van der Waals surface area (Å²) in [6.45, 7) is 2.01. The van der Waals surface area contributed by atoms with Crippen LogP contribution in [-0.2, 0) is 0 Å². The summed E-state index contributed by atoms with van der Waals surface area (Å²) in [7, 11) is 0. The Morgan fingerprint density at radius 2 is 2.50 bits per heavy atom. The van der Waals surface area contributed by atoms with Gasteiger partial charge in [-0.15, -0.1) is 11.3 Å². The number of hydrogen-bond donors (Lipinski definition) is 2. The summed E-state index contributed by atoms with van der Waals surface area (Å²) in [5.74, 6) is -0.211. The van der Waals surface area contributed by atoms with Crippen molar-refractivity contribution in [3.63, 3.8) is 0 Å². The molecule has 1 heterocycles. The molecule has 1 aromatic heterocycles. The van der Waals surface area contributed by atoms with E-state index in [4.69, 9.17) is 10.4 Å². The third kappa shape index (κ3) is 3.33. The quantitative estimate of drug-likeness (QED) is 0.816. The Hall–Kier alpha value is -1.38. The van der Waals surface area contributed by atoms with Crippen LogP contribution >= 0.6 is 11.3 Å². The van der Waals surface area contributed by atoms with E-state index < -0.39 is 0 Å². The van der Waals surface area contributed by atoms with Crippen LogP contribution in [0.15, 0.2) is 11.4 Å². The molecule has 0 aliphatic rings. The van der Waals surface area contributed by atoms with Crippen LogP contribution in [-0.4, -0.2) is 23.7 Å². The number of thiophene rings is 1. The number of nitrogens with zero attached hydrogens (tertiary/aromatic N) is 1.